The summed E-state index contributed by atoms with van der Waals surface area (Å²) in [5.74, 6) is -0.0120. The first-order valence-corrected chi connectivity index (χ1v) is 12.1. The molecule has 4 amide bonds. The summed E-state index contributed by atoms with van der Waals surface area (Å²) < 4.78 is 0. The molecule has 0 atom stereocenters. The van der Waals surface area contributed by atoms with Crippen molar-refractivity contribution in [2.24, 2.45) is 5.92 Å². The molecule has 7 nitrogen and oxygen atoms in total. The van der Waals surface area contributed by atoms with Crippen molar-refractivity contribution in [2.75, 3.05) is 32.7 Å². The largest absolute Gasteiger partial charge is 0.342 e. The van der Waals surface area contributed by atoms with Crippen molar-refractivity contribution in [3.8, 4) is 0 Å². The molecule has 3 saturated heterocycles. The summed E-state index contributed by atoms with van der Waals surface area (Å²) in [5, 5.41) is 3.00. The molecule has 0 bridgehead atoms. The molecule has 32 heavy (non-hydrogen) atoms. The van der Waals surface area contributed by atoms with Gasteiger partial charge in [-0.2, -0.15) is 0 Å². The number of hydrogen-bond donors (Lipinski definition) is 1. The zero-order valence-electron chi connectivity index (χ0n) is 19.4. The Morgan fingerprint density at radius 3 is 2.34 bits per heavy atom. The Morgan fingerprint density at radius 1 is 1.06 bits per heavy atom. The number of nitrogens with zero attached hydrogens (tertiary/aromatic N) is 3. The second-order valence-electron chi connectivity index (χ2n) is 9.83. The van der Waals surface area contributed by atoms with Crippen LogP contribution in [0.3, 0.4) is 0 Å². The van der Waals surface area contributed by atoms with Crippen LogP contribution in [0, 0.1) is 5.92 Å². The maximum absolute atomic E-state index is 13.3. The average Bonchev–Trinajstić information content (AvgIpc) is 3.04. The van der Waals surface area contributed by atoms with E-state index >= 15 is 0 Å². The molecule has 1 aromatic carbocycles. The van der Waals surface area contributed by atoms with Crippen molar-refractivity contribution in [1.82, 2.24) is 20.0 Å². The van der Waals surface area contributed by atoms with Crippen LogP contribution in [-0.4, -0.2) is 76.8 Å². The van der Waals surface area contributed by atoms with Gasteiger partial charge in [0, 0.05) is 38.1 Å². The topological polar surface area (TPSA) is 73.0 Å². The molecule has 0 unspecified atom stereocenters. The van der Waals surface area contributed by atoms with Gasteiger partial charge in [0.25, 0.3) is 5.91 Å². The standard InChI is InChI=1S/C25H36N4O3/c1-19(2)22(30)28-17-12-25(13-18-28)23(31)29(24(32)26-25)21-10-15-27(16-11-21)14-6-9-20-7-4-3-5-8-20/h3-5,7-8,19,21H,6,9-18H2,1-2H3,(H,26,32). The molecule has 3 aliphatic rings. The van der Waals surface area contributed by atoms with E-state index in [9.17, 15) is 14.4 Å². The average molecular weight is 441 g/mol. The Labute approximate surface area is 191 Å². The van der Waals surface area contributed by atoms with Crippen molar-refractivity contribution in [1.29, 1.82) is 0 Å². The third-order valence-corrected chi connectivity index (χ3v) is 7.32. The van der Waals surface area contributed by atoms with Crippen LogP contribution in [0.4, 0.5) is 4.79 Å². The van der Waals surface area contributed by atoms with Gasteiger partial charge in [-0.1, -0.05) is 44.2 Å². The monoisotopic (exact) mass is 440 g/mol. The van der Waals surface area contributed by atoms with Crippen molar-refractivity contribution in [3.63, 3.8) is 0 Å². The lowest BCUT2D eigenvalue weighted by molar-refractivity contribution is -0.141. The normalized spacial score (nSPS) is 22.1. The van der Waals surface area contributed by atoms with E-state index < -0.39 is 5.54 Å². The highest BCUT2D eigenvalue weighted by atomic mass is 16.2. The molecule has 1 spiro atoms. The Bertz CT molecular complexity index is 825. The molecule has 0 aliphatic carbocycles. The summed E-state index contributed by atoms with van der Waals surface area (Å²) in [6.07, 6.45) is 4.87. The van der Waals surface area contributed by atoms with E-state index in [0.717, 1.165) is 45.3 Å². The molecule has 7 heteroatoms. The lowest BCUT2D eigenvalue weighted by Gasteiger charge is -2.39. The summed E-state index contributed by atoms with van der Waals surface area (Å²) in [5.41, 5.74) is 0.547. The van der Waals surface area contributed by atoms with Gasteiger partial charge in [0.1, 0.15) is 5.54 Å². The van der Waals surface area contributed by atoms with Crippen LogP contribution in [0.2, 0.25) is 0 Å². The molecular formula is C25H36N4O3. The lowest BCUT2D eigenvalue weighted by atomic mass is 9.86. The minimum absolute atomic E-state index is 0.0254. The SMILES string of the molecule is CC(C)C(=O)N1CCC2(CC1)NC(=O)N(C1CCN(CCCc3ccccc3)CC1)C2=O. The van der Waals surface area contributed by atoms with Gasteiger partial charge in [0.2, 0.25) is 5.91 Å². The van der Waals surface area contributed by atoms with E-state index in [-0.39, 0.29) is 29.8 Å². The minimum Gasteiger partial charge on any atom is -0.342 e. The van der Waals surface area contributed by atoms with Crippen molar-refractivity contribution in [3.05, 3.63) is 35.9 Å². The number of piperidine rings is 2. The maximum Gasteiger partial charge on any atom is 0.325 e. The zero-order chi connectivity index (χ0) is 22.7. The molecule has 1 N–H and O–H groups in total. The number of benzene rings is 1. The quantitative estimate of drug-likeness (QED) is 0.691. The summed E-state index contributed by atoms with van der Waals surface area (Å²) in [6.45, 7) is 7.72. The van der Waals surface area contributed by atoms with Crippen molar-refractivity contribution in [2.45, 2.75) is 64.0 Å². The highest BCUT2D eigenvalue weighted by Gasteiger charge is 2.54. The van der Waals surface area contributed by atoms with Gasteiger partial charge in [-0.25, -0.2) is 4.79 Å². The van der Waals surface area contributed by atoms with Gasteiger partial charge < -0.3 is 15.1 Å². The molecule has 3 aliphatic heterocycles. The summed E-state index contributed by atoms with van der Waals surface area (Å²) in [4.78, 5) is 44.2. The van der Waals surface area contributed by atoms with Gasteiger partial charge >= 0.3 is 6.03 Å². The number of amides is 4. The first kappa shape index (κ1) is 22.8. The van der Waals surface area contributed by atoms with Crippen molar-refractivity contribution < 1.29 is 14.4 Å². The van der Waals surface area contributed by atoms with E-state index in [2.05, 4.69) is 34.5 Å². The molecule has 174 valence electrons. The summed E-state index contributed by atoms with van der Waals surface area (Å²) in [7, 11) is 0. The number of rotatable bonds is 6. The number of imide groups is 1. The van der Waals surface area contributed by atoms with Crippen LogP contribution in [0.25, 0.3) is 0 Å². The van der Waals surface area contributed by atoms with E-state index in [1.807, 2.05) is 24.8 Å². The number of carbonyl (C=O) groups is 3. The zero-order valence-corrected chi connectivity index (χ0v) is 19.4. The molecule has 3 heterocycles. The third kappa shape index (κ3) is 4.68. The molecule has 0 saturated carbocycles. The first-order valence-electron chi connectivity index (χ1n) is 12.1. The predicted molar refractivity (Wildman–Crippen MR) is 123 cm³/mol. The van der Waals surface area contributed by atoms with Gasteiger partial charge in [-0.05, 0) is 50.6 Å². The fourth-order valence-corrected chi connectivity index (χ4v) is 5.34. The Balaban J connectivity index is 1.26. The highest BCUT2D eigenvalue weighted by Crippen LogP contribution is 2.33. The highest BCUT2D eigenvalue weighted by molar-refractivity contribution is 6.07. The predicted octanol–water partition coefficient (Wildman–Crippen LogP) is 2.65. The van der Waals surface area contributed by atoms with Crippen molar-refractivity contribution >= 4 is 17.8 Å². The first-order chi connectivity index (χ1) is 15.4. The van der Waals surface area contributed by atoms with Crippen LogP contribution >= 0.6 is 0 Å². The summed E-state index contributed by atoms with van der Waals surface area (Å²) >= 11 is 0. The van der Waals surface area contributed by atoms with Gasteiger partial charge in [-0.3, -0.25) is 14.5 Å². The van der Waals surface area contributed by atoms with E-state index in [0.29, 0.717) is 25.9 Å². The van der Waals surface area contributed by atoms with Crippen LogP contribution in [0.1, 0.15) is 51.5 Å². The van der Waals surface area contributed by atoms with E-state index in [1.54, 1.807) is 0 Å². The Morgan fingerprint density at radius 2 is 1.72 bits per heavy atom. The second kappa shape index (κ2) is 9.61. The van der Waals surface area contributed by atoms with Gasteiger partial charge in [0.05, 0.1) is 0 Å². The summed E-state index contributed by atoms with van der Waals surface area (Å²) in [6, 6.07) is 10.3. The molecule has 0 radical (unpaired) electrons. The van der Waals surface area contributed by atoms with Gasteiger partial charge in [-0.15, -0.1) is 0 Å². The number of likely N-dealkylation sites (tertiary alicyclic amines) is 2. The third-order valence-electron chi connectivity index (χ3n) is 7.32. The molecule has 1 aromatic rings. The minimum atomic E-state index is -0.822. The number of carbonyl (C=O) groups excluding carboxylic acids is 3. The molecule has 0 aromatic heterocycles. The lowest BCUT2D eigenvalue weighted by Crippen LogP contribution is -2.57. The maximum atomic E-state index is 13.3. The fourth-order valence-electron chi connectivity index (χ4n) is 5.34. The molecular weight excluding hydrogens is 404 g/mol. The number of aryl methyl sites for hydroxylation is 1. The van der Waals surface area contributed by atoms with Gasteiger partial charge in [0.15, 0.2) is 0 Å². The fraction of sp³-hybridized carbons (Fsp3) is 0.640. The number of nitrogens with one attached hydrogen (secondary N) is 1. The number of urea groups is 1. The van der Waals surface area contributed by atoms with Crippen LogP contribution < -0.4 is 5.32 Å². The second-order valence-corrected chi connectivity index (χ2v) is 9.83. The smallest absolute Gasteiger partial charge is 0.325 e. The van der Waals surface area contributed by atoms with Crippen LogP contribution in [0.5, 0.6) is 0 Å². The molecule has 4 rings (SSSR count). The van der Waals surface area contributed by atoms with E-state index in [4.69, 9.17) is 0 Å². The van der Waals surface area contributed by atoms with E-state index in [1.165, 1.54) is 10.5 Å². The molecule has 3 fully saturated rings. The van der Waals surface area contributed by atoms with Crippen LogP contribution in [0.15, 0.2) is 30.3 Å². The number of hydrogen-bond acceptors (Lipinski definition) is 4. The van der Waals surface area contributed by atoms with Crippen LogP contribution in [-0.2, 0) is 16.0 Å². The Hall–Kier alpha value is -2.41. The Kier molecular flexibility index (Phi) is 6.84.